The van der Waals surface area contributed by atoms with E-state index >= 15 is 0 Å². The van der Waals surface area contributed by atoms with E-state index in [1.165, 1.54) is 0 Å². The van der Waals surface area contributed by atoms with Crippen LogP contribution in [-0.2, 0) is 4.74 Å². The van der Waals surface area contributed by atoms with Crippen LogP contribution in [0.2, 0.25) is 5.15 Å². The molecule has 0 saturated heterocycles. The monoisotopic (exact) mass is 360 g/mol. The summed E-state index contributed by atoms with van der Waals surface area (Å²) in [5, 5.41) is 9.25. The van der Waals surface area contributed by atoms with E-state index in [0.717, 1.165) is 22.7 Å². The average molecular weight is 361 g/mol. The quantitative estimate of drug-likeness (QED) is 0.673. The Labute approximate surface area is 151 Å². The van der Waals surface area contributed by atoms with Gasteiger partial charge < -0.3 is 4.74 Å². The second kappa shape index (κ2) is 6.52. The molecule has 1 N–H and O–H groups in total. The second-order valence-electron chi connectivity index (χ2n) is 6.85. The summed E-state index contributed by atoms with van der Waals surface area (Å²) in [6.45, 7) is 8.01. The van der Waals surface area contributed by atoms with Gasteiger partial charge in [-0.3, -0.25) is 10.00 Å². The minimum absolute atomic E-state index is 0.327. The number of carbonyl (C=O) groups excluding carboxylic acids is 1. The SMILES string of the molecule is CCCN(C(=O)OC(C)(C)C)c1n[nH]c2c(Cl)nc3ccccc3c12. The predicted molar refractivity (Wildman–Crippen MR) is 100 cm³/mol. The first-order valence-electron chi connectivity index (χ1n) is 8.24. The fourth-order valence-corrected chi connectivity index (χ4v) is 2.93. The van der Waals surface area contributed by atoms with Crippen LogP contribution in [0.5, 0.6) is 0 Å². The predicted octanol–water partition coefficient (Wildman–Crippen LogP) is 4.92. The molecule has 0 fully saturated rings. The van der Waals surface area contributed by atoms with Crippen molar-refractivity contribution in [2.45, 2.75) is 39.7 Å². The van der Waals surface area contributed by atoms with Crippen LogP contribution in [0.4, 0.5) is 10.6 Å². The lowest BCUT2D eigenvalue weighted by molar-refractivity contribution is 0.0579. The number of anilines is 1. The van der Waals surface area contributed by atoms with Crippen LogP contribution >= 0.6 is 11.6 Å². The number of nitrogens with one attached hydrogen (secondary N) is 1. The summed E-state index contributed by atoms with van der Waals surface area (Å²) in [7, 11) is 0. The average Bonchev–Trinajstić information content (AvgIpc) is 2.96. The molecule has 1 amide bonds. The minimum atomic E-state index is -0.587. The zero-order chi connectivity index (χ0) is 18.2. The molecule has 0 unspecified atom stereocenters. The van der Waals surface area contributed by atoms with E-state index in [2.05, 4.69) is 15.2 Å². The number of para-hydroxylation sites is 1. The number of hydrogen-bond acceptors (Lipinski definition) is 4. The van der Waals surface area contributed by atoms with Crippen LogP contribution in [0, 0.1) is 0 Å². The van der Waals surface area contributed by atoms with Gasteiger partial charge in [0.1, 0.15) is 11.1 Å². The van der Waals surface area contributed by atoms with E-state index in [-0.39, 0.29) is 0 Å². The van der Waals surface area contributed by atoms with Gasteiger partial charge in [-0.15, -0.1) is 0 Å². The summed E-state index contributed by atoms with van der Waals surface area (Å²) in [5.74, 6) is 0.506. The van der Waals surface area contributed by atoms with Gasteiger partial charge in [-0.2, -0.15) is 5.10 Å². The molecular weight excluding hydrogens is 340 g/mol. The van der Waals surface area contributed by atoms with E-state index < -0.39 is 11.7 Å². The van der Waals surface area contributed by atoms with Gasteiger partial charge in [0.2, 0.25) is 0 Å². The fraction of sp³-hybridized carbons (Fsp3) is 0.389. The number of pyridine rings is 1. The van der Waals surface area contributed by atoms with Gasteiger partial charge in [0.05, 0.1) is 10.9 Å². The number of carbonyl (C=O) groups is 1. The minimum Gasteiger partial charge on any atom is -0.443 e. The Bertz CT molecular complexity index is 930. The molecule has 0 radical (unpaired) electrons. The Morgan fingerprint density at radius 2 is 2.04 bits per heavy atom. The Hall–Kier alpha value is -2.34. The van der Waals surface area contributed by atoms with Crippen molar-refractivity contribution in [3.63, 3.8) is 0 Å². The molecule has 2 heterocycles. The lowest BCUT2D eigenvalue weighted by Gasteiger charge is -2.26. The van der Waals surface area contributed by atoms with Crippen molar-refractivity contribution in [2.75, 3.05) is 11.4 Å². The molecule has 25 heavy (non-hydrogen) atoms. The largest absolute Gasteiger partial charge is 0.443 e. The summed E-state index contributed by atoms with van der Waals surface area (Å²) in [5.41, 5.74) is 0.777. The molecule has 0 aliphatic rings. The lowest BCUT2D eigenvalue weighted by atomic mass is 10.1. The molecule has 0 bridgehead atoms. The number of aromatic nitrogens is 3. The highest BCUT2D eigenvalue weighted by Gasteiger charge is 2.27. The number of amides is 1. The number of nitrogens with zero attached hydrogens (tertiary/aromatic N) is 3. The first-order chi connectivity index (χ1) is 11.8. The van der Waals surface area contributed by atoms with Crippen molar-refractivity contribution in [3.05, 3.63) is 29.4 Å². The van der Waals surface area contributed by atoms with E-state index in [0.29, 0.717) is 23.0 Å². The van der Waals surface area contributed by atoms with E-state index in [1.54, 1.807) is 4.90 Å². The molecule has 1 aromatic carbocycles. The Balaban J connectivity index is 2.20. The Morgan fingerprint density at radius 1 is 1.32 bits per heavy atom. The number of H-pyrrole nitrogens is 1. The van der Waals surface area contributed by atoms with Crippen molar-refractivity contribution in [1.29, 1.82) is 0 Å². The standard InChI is InChI=1S/C18H21ClN4O2/c1-5-10-23(17(24)25-18(2,3)4)16-13-11-8-6-7-9-12(11)20-15(19)14(13)21-22-16/h6-9H,5,10H2,1-4H3,(H,21,22). The van der Waals surface area contributed by atoms with Gasteiger partial charge in [0.15, 0.2) is 11.0 Å². The number of ether oxygens (including phenoxy) is 1. The normalized spacial score (nSPS) is 11.9. The highest BCUT2D eigenvalue weighted by molar-refractivity contribution is 6.36. The summed E-state index contributed by atoms with van der Waals surface area (Å²) in [6, 6.07) is 7.65. The van der Waals surface area contributed by atoms with Gasteiger partial charge in [0, 0.05) is 11.9 Å². The maximum absolute atomic E-state index is 12.7. The molecule has 0 atom stereocenters. The summed E-state index contributed by atoms with van der Waals surface area (Å²) in [4.78, 5) is 18.6. The molecule has 7 heteroatoms. The summed E-state index contributed by atoms with van der Waals surface area (Å²) in [6.07, 6.45) is 0.337. The molecule has 3 aromatic rings. The zero-order valence-corrected chi connectivity index (χ0v) is 15.5. The van der Waals surface area contributed by atoms with Crippen LogP contribution < -0.4 is 4.90 Å². The van der Waals surface area contributed by atoms with Gasteiger partial charge in [-0.1, -0.05) is 36.7 Å². The summed E-state index contributed by atoms with van der Waals surface area (Å²) >= 11 is 6.30. The van der Waals surface area contributed by atoms with Crippen LogP contribution in [-0.4, -0.2) is 33.4 Å². The molecule has 0 aliphatic carbocycles. The number of halogens is 1. The zero-order valence-electron chi connectivity index (χ0n) is 14.8. The maximum Gasteiger partial charge on any atom is 0.416 e. The van der Waals surface area contributed by atoms with Gasteiger partial charge in [-0.25, -0.2) is 9.78 Å². The van der Waals surface area contributed by atoms with E-state index in [9.17, 15) is 4.79 Å². The smallest absolute Gasteiger partial charge is 0.416 e. The third-order valence-corrected chi connectivity index (χ3v) is 3.94. The van der Waals surface area contributed by atoms with Crippen molar-refractivity contribution in [3.8, 4) is 0 Å². The van der Waals surface area contributed by atoms with Crippen molar-refractivity contribution >= 4 is 45.3 Å². The Kier molecular flexibility index (Phi) is 4.56. The molecule has 2 aromatic heterocycles. The van der Waals surface area contributed by atoms with Crippen LogP contribution in [0.15, 0.2) is 24.3 Å². The number of hydrogen-bond donors (Lipinski definition) is 1. The molecular formula is C18H21ClN4O2. The van der Waals surface area contributed by atoms with Gasteiger partial charge >= 0.3 is 6.09 Å². The molecule has 0 aliphatic heterocycles. The summed E-state index contributed by atoms with van der Waals surface area (Å²) < 4.78 is 5.55. The van der Waals surface area contributed by atoms with E-state index in [1.807, 2.05) is 52.0 Å². The lowest BCUT2D eigenvalue weighted by Crippen LogP contribution is -2.37. The topological polar surface area (TPSA) is 71.1 Å². The third-order valence-electron chi connectivity index (χ3n) is 3.66. The Morgan fingerprint density at radius 3 is 2.72 bits per heavy atom. The van der Waals surface area contributed by atoms with Crippen molar-refractivity contribution < 1.29 is 9.53 Å². The molecule has 6 nitrogen and oxygen atoms in total. The molecule has 132 valence electrons. The number of fused-ring (bicyclic) bond motifs is 3. The number of benzene rings is 1. The molecule has 3 rings (SSSR count). The van der Waals surface area contributed by atoms with Crippen LogP contribution in [0.1, 0.15) is 34.1 Å². The van der Waals surface area contributed by atoms with E-state index in [4.69, 9.17) is 16.3 Å². The highest BCUT2D eigenvalue weighted by atomic mass is 35.5. The fourth-order valence-electron chi connectivity index (χ4n) is 2.70. The van der Waals surface area contributed by atoms with Gasteiger partial charge in [0.25, 0.3) is 0 Å². The third kappa shape index (κ3) is 3.39. The van der Waals surface area contributed by atoms with Crippen molar-refractivity contribution in [1.82, 2.24) is 15.2 Å². The number of aromatic amines is 1. The van der Waals surface area contributed by atoms with Gasteiger partial charge in [-0.05, 0) is 33.3 Å². The van der Waals surface area contributed by atoms with Crippen LogP contribution in [0.25, 0.3) is 21.8 Å². The van der Waals surface area contributed by atoms with Crippen LogP contribution in [0.3, 0.4) is 0 Å². The second-order valence-corrected chi connectivity index (χ2v) is 7.21. The first kappa shape index (κ1) is 17.5. The van der Waals surface area contributed by atoms with Crippen molar-refractivity contribution in [2.24, 2.45) is 0 Å². The highest BCUT2D eigenvalue weighted by Crippen LogP contribution is 2.34. The first-order valence-corrected chi connectivity index (χ1v) is 8.62. The number of rotatable bonds is 3. The molecule has 0 saturated carbocycles. The molecule has 0 spiro atoms. The maximum atomic E-state index is 12.7.